The van der Waals surface area contributed by atoms with Crippen LogP contribution in [0.1, 0.15) is 134 Å². The molecule has 404 valence electrons. The number of phosphoric acid groups is 1. The van der Waals surface area contributed by atoms with Gasteiger partial charge >= 0.3 is 7.82 Å². The number of aliphatic hydroxyl groups is 1. The molecular weight excluding hydrogens is 956 g/mol. The SMILES string of the molecule is CC(=O)N1CCC[C@H]1C(=O)N[C@@H](CC(C)C)C(=O)N[C@@H](Cc1cncn1CCCCCCCc1ccccc1)C(=O)N[C@@H](CO)C(=O)N[C@H](C(N)=O)[C@@H](C)OP(=O)(O)OCCCCCCCCc1ccccc1. The Kier molecular flexibility index (Phi) is 26.3. The van der Waals surface area contributed by atoms with Crippen LogP contribution in [0.3, 0.4) is 0 Å². The van der Waals surface area contributed by atoms with E-state index in [1.54, 1.807) is 12.5 Å². The standard InChI is InChI=1S/C53H81N8O11P/c1-38(2)33-44(57-53(68)47-29-22-31-61(47)40(4)63)50(65)56-45(34-43-35-55-37-60(43)30-20-10-7-9-15-24-42-27-18-13-19-28-42)51(66)58-46(36-62)52(67)59-48(49(54)64)39(3)72-73(69,70)71-32-21-11-6-5-8-14-23-41-25-16-12-17-26-41/h12-13,16-19,25-28,35,37-39,44-48,62H,5-11,14-15,20-24,29-34,36H2,1-4H3,(H2,54,64)(H,56,65)(H,57,68)(H,58,66)(H,59,67)(H,69,70)/t39-,44+,45+,46+,47+,48+/m1/s1. The van der Waals surface area contributed by atoms with E-state index in [4.69, 9.17) is 14.8 Å². The van der Waals surface area contributed by atoms with Crippen molar-refractivity contribution in [2.75, 3.05) is 19.8 Å². The van der Waals surface area contributed by atoms with Crippen LogP contribution in [0.2, 0.25) is 0 Å². The first-order chi connectivity index (χ1) is 35.0. The monoisotopic (exact) mass is 1040 g/mol. The van der Waals surface area contributed by atoms with Crippen LogP contribution >= 0.6 is 7.82 Å². The Morgan fingerprint density at radius 2 is 1.30 bits per heavy atom. The highest BCUT2D eigenvalue weighted by atomic mass is 31.2. The molecule has 20 heteroatoms. The Labute approximate surface area is 431 Å². The van der Waals surface area contributed by atoms with Crippen molar-refractivity contribution in [1.29, 1.82) is 0 Å². The fraction of sp³-hybridized carbons (Fsp3) is 0.604. The van der Waals surface area contributed by atoms with Crippen LogP contribution in [0, 0.1) is 5.92 Å². The van der Waals surface area contributed by atoms with Crippen molar-refractivity contribution in [1.82, 2.24) is 35.7 Å². The highest BCUT2D eigenvalue weighted by Gasteiger charge is 2.38. The summed E-state index contributed by atoms with van der Waals surface area (Å²) in [6, 6.07) is 13.9. The van der Waals surface area contributed by atoms with E-state index in [2.05, 4.69) is 50.5 Å². The van der Waals surface area contributed by atoms with E-state index in [1.807, 2.05) is 54.8 Å². The number of hydrogen-bond donors (Lipinski definition) is 7. The summed E-state index contributed by atoms with van der Waals surface area (Å²) >= 11 is 0. The van der Waals surface area contributed by atoms with Gasteiger partial charge in [-0.1, -0.05) is 119 Å². The molecule has 0 bridgehead atoms. The molecule has 4 rings (SSSR count). The highest BCUT2D eigenvalue weighted by molar-refractivity contribution is 7.47. The zero-order valence-corrected chi connectivity index (χ0v) is 44.1. The lowest BCUT2D eigenvalue weighted by Gasteiger charge is -2.28. The zero-order chi connectivity index (χ0) is 53.2. The average Bonchev–Trinajstić information content (AvgIpc) is 4.04. The van der Waals surface area contributed by atoms with E-state index in [9.17, 15) is 43.3 Å². The van der Waals surface area contributed by atoms with Crippen LogP contribution in [0.5, 0.6) is 0 Å². The third-order valence-electron chi connectivity index (χ3n) is 13.0. The molecule has 1 aromatic heterocycles. The maximum Gasteiger partial charge on any atom is 0.472 e. The first kappa shape index (κ1) is 60.1. The lowest BCUT2D eigenvalue weighted by atomic mass is 10.0. The number of nitrogens with two attached hydrogens (primary N) is 1. The van der Waals surface area contributed by atoms with Crippen LogP contribution in [0.15, 0.2) is 73.2 Å². The van der Waals surface area contributed by atoms with Gasteiger partial charge in [0, 0.05) is 38.3 Å². The van der Waals surface area contributed by atoms with E-state index in [-0.39, 0.29) is 31.3 Å². The van der Waals surface area contributed by atoms with Crippen LogP contribution in [-0.4, -0.2) is 116 Å². The third kappa shape index (κ3) is 21.9. The number of hydrogen-bond acceptors (Lipinski definition) is 11. The topological polar surface area (TPSA) is 274 Å². The van der Waals surface area contributed by atoms with Crippen LogP contribution in [-0.2, 0) is 68.2 Å². The Balaban J connectivity index is 1.38. The average molecular weight is 1040 g/mol. The van der Waals surface area contributed by atoms with Gasteiger partial charge in [0.15, 0.2) is 0 Å². The van der Waals surface area contributed by atoms with E-state index in [0.29, 0.717) is 38.0 Å². The molecule has 1 saturated heterocycles. The fourth-order valence-corrected chi connectivity index (χ4v) is 9.95. The zero-order valence-electron chi connectivity index (χ0n) is 43.3. The fourth-order valence-electron chi connectivity index (χ4n) is 8.99. The number of amides is 6. The number of imidazole rings is 1. The van der Waals surface area contributed by atoms with Gasteiger partial charge in [0.1, 0.15) is 30.2 Å². The summed E-state index contributed by atoms with van der Waals surface area (Å²) in [7, 11) is -4.73. The summed E-state index contributed by atoms with van der Waals surface area (Å²) in [6.07, 6.45) is 15.1. The van der Waals surface area contributed by atoms with Crippen LogP contribution in [0.4, 0.5) is 0 Å². The van der Waals surface area contributed by atoms with Crippen molar-refractivity contribution in [3.63, 3.8) is 0 Å². The number of nitrogens with zero attached hydrogens (tertiary/aromatic N) is 3. The molecule has 8 N–H and O–H groups in total. The lowest BCUT2D eigenvalue weighted by molar-refractivity contribution is -0.139. The molecule has 19 nitrogen and oxygen atoms in total. The Hall–Kier alpha value is -5.46. The minimum absolute atomic E-state index is 0.0791. The summed E-state index contributed by atoms with van der Waals surface area (Å²) < 4.78 is 25.2. The van der Waals surface area contributed by atoms with Gasteiger partial charge in [-0.25, -0.2) is 9.55 Å². The van der Waals surface area contributed by atoms with Crippen LogP contribution in [0.25, 0.3) is 0 Å². The van der Waals surface area contributed by atoms with Crippen LogP contribution < -0.4 is 27.0 Å². The van der Waals surface area contributed by atoms with Crippen molar-refractivity contribution in [3.8, 4) is 0 Å². The van der Waals surface area contributed by atoms with Crippen molar-refractivity contribution in [2.45, 2.75) is 180 Å². The van der Waals surface area contributed by atoms with Gasteiger partial charge in [0.2, 0.25) is 35.4 Å². The molecule has 7 atom stereocenters. The first-order valence-electron chi connectivity index (χ1n) is 26.1. The summed E-state index contributed by atoms with van der Waals surface area (Å²) in [6.45, 7) is 6.31. The largest absolute Gasteiger partial charge is 0.472 e. The summed E-state index contributed by atoms with van der Waals surface area (Å²) in [5.74, 6) is -4.62. The second-order valence-electron chi connectivity index (χ2n) is 19.5. The maximum absolute atomic E-state index is 14.3. The second-order valence-corrected chi connectivity index (χ2v) is 20.9. The Morgan fingerprint density at radius 1 is 0.753 bits per heavy atom. The number of unbranched alkanes of at least 4 members (excludes halogenated alkanes) is 9. The smallest absolute Gasteiger partial charge is 0.394 e. The number of primary amides is 1. The predicted octanol–water partition coefficient (Wildman–Crippen LogP) is 5.20. The number of aryl methyl sites for hydroxylation is 3. The molecule has 0 radical (unpaired) electrons. The van der Waals surface area contributed by atoms with Crippen molar-refractivity contribution < 1.29 is 52.4 Å². The van der Waals surface area contributed by atoms with Crippen molar-refractivity contribution in [3.05, 3.63) is 90.0 Å². The maximum atomic E-state index is 14.3. The molecule has 1 unspecified atom stereocenters. The number of benzene rings is 2. The first-order valence-corrected chi connectivity index (χ1v) is 27.6. The number of aliphatic hydroxyl groups excluding tert-OH is 1. The molecule has 2 heterocycles. The normalized spacial score (nSPS) is 16.4. The Morgan fingerprint density at radius 3 is 1.88 bits per heavy atom. The molecule has 1 aliphatic heterocycles. The van der Waals surface area contributed by atoms with Gasteiger partial charge in [-0.2, -0.15) is 0 Å². The van der Waals surface area contributed by atoms with Gasteiger partial charge in [-0.3, -0.25) is 37.8 Å². The number of nitrogens with one attached hydrogen (secondary N) is 4. The van der Waals surface area contributed by atoms with E-state index in [0.717, 1.165) is 77.0 Å². The number of phosphoric ester groups is 1. The van der Waals surface area contributed by atoms with Crippen molar-refractivity contribution >= 4 is 43.3 Å². The number of rotatable bonds is 35. The molecular formula is C53H81N8O11P. The highest BCUT2D eigenvalue weighted by Crippen LogP contribution is 2.45. The summed E-state index contributed by atoms with van der Waals surface area (Å²) in [5, 5.41) is 20.8. The molecule has 0 aliphatic carbocycles. The predicted molar refractivity (Wildman–Crippen MR) is 277 cm³/mol. The lowest BCUT2D eigenvalue weighted by Crippen LogP contribution is -2.61. The molecule has 6 amide bonds. The Bertz CT molecular complexity index is 2210. The number of likely N-dealkylation sites (tertiary alicyclic amines) is 1. The molecule has 1 aliphatic rings. The van der Waals surface area contributed by atoms with Gasteiger partial charge < -0.3 is 46.5 Å². The molecule has 73 heavy (non-hydrogen) atoms. The van der Waals surface area contributed by atoms with Crippen molar-refractivity contribution in [2.24, 2.45) is 11.7 Å². The molecule has 0 saturated carbocycles. The van der Waals surface area contributed by atoms with Gasteiger partial charge in [0.05, 0.1) is 25.6 Å². The summed E-state index contributed by atoms with van der Waals surface area (Å²) in [5.41, 5.74) is 8.80. The number of aromatic nitrogens is 2. The minimum atomic E-state index is -4.73. The summed E-state index contributed by atoms with van der Waals surface area (Å²) in [4.78, 5) is 96.9. The third-order valence-corrected chi connectivity index (χ3v) is 14.1. The van der Waals surface area contributed by atoms with E-state index < -0.39 is 80.3 Å². The quantitative estimate of drug-likeness (QED) is 0.0296. The molecule has 1 fully saturated rings. The van der Waals surface area contributed by atoms with E-state index >= 15 is 0 Å². The number of carbonyl (C=O) groups excluding carboxylic acids is 6. The van der Waals surface area contributed by atoms with Gasteiger partial charge in [-0.15, -0.1) is 0 Å². The van der Waals surface area contributed by atoms with E-state index in [1.165, 1.54) is 29.9 Å². The van der Waals surface area contributed by atoms with Gasteiger partial charge in [-0.05, 0) is 81.8 Å². The molecule has 2 aromatic carbocycles. The molecule has 0 spiro atoms. The number of carbonyl (C=O) groups is 6. The second kappa shape index (κ2) is 32.0. The minimum Gasteiger partial charge on any atom is -0.394 e. The van der Waals surface area contributed by atoms with Gasteiger partial charge in [0.25, 0.3) is 0 Å². The molecule has 3 aromatic rings.